The molecule has 0 aliphatic heterocycles. The Bertz CT molecular complexity index is 1020. The molecule has 1 aromatic heterocycles. The quantitative estimate of drug-likeness (QED) is 0.592. The largest absolute Gasteiger partial charge is 0.375 e. The molecular weight excluding hydrogens is 400 g/mol. The fourth-order valence-electron chi connectivity index (χ4n) is 2.80. The van der Waals surface area contributed by atoms with Gasteiger partial charge in [0.15, 0.2) is 0 Å². The van der Waals surface area contributed by atoms with Crippen LogP contribution in [0.25, 0.3) is 0 Å². The SMILES string of the molecule is CCN(C)c1ccc(C(=O)Nc2ccc(C(=O)NCc3ccccn3)c(Cl)c2)cc1. The molecular formula is C23H23ClN4O2. The number of nitrogens with zero attached hydrogens (tertiary/aromatic N) is 2. The Balaban J connectivity index is 1.63. The molecule has 2 amide bonds. The molecule has 0 unspecified atom stereocenters. The van der Waals surface area contributed by atoms with Crippen LogP contribution in [-0.4, -0.2) is 30.4 Å². The van der Waals surface area contributed by atoms with Crippen molar-refractivity contribution < 1.29 is 9.59 Å². The highest BCUT2D eigenvalue weighted by molar-refractivity contribution is 6.34. The molecule has 0 atom stereocenters. The van der Waals surface area contributed by atoms with Gasteiger partial charge in [-0.25, -0.2) is 0 Å². The van der Waals surface area contributed by atoms with Crippen molar-refractivity contribution in [3.63, 3.8) is 0 Å². The van der Waals surface area contributed by atoms with Gasteiger partial charge in [-0.05, 0) is 61.5 Å². The van der Waals surface area contributed by atoms with E-state index in [9.17, 15) is 9.59 Å². The van der Waals surface area contributed by atoms with Crippen LogP contribution in [0.1, 0.15) is 33.3 Å². The highest BCUT2D eigenvalue weighted by Crippen LogP contribution is 2.22. The molecule has 2 N–H and O–H groups in total. The zero-order valence-corrected chi connectivity index (χ0v) is 17.6. The monoisotopic (exact) mass is 422 g/mol. The number of halogens is 1. The standard InChI is InChI=1S/C23H23ClN4O2/c1-3-28(2)19-10-7-16(8-11-19)22(29)27-17-9-12-20(21(24)14-17)23(30)26-15-18-6-4-5-13-25-18/h4-14H,3,15H2,1-2H3,(H,26,30)(H,27,29). The molecule has 7 heteroatoms. The molecule has 0 bridgehead atoms. The number of benzene rings is 2. The maximum absolute atomic E-state index is 12.5. The van der Waals surface area contributed by atoms with Crippen molar-refractivity contribution in [3.05, 3.63) is 88.7 Å². The maximum Gasteiger partial charge on any atom is 0.255 e. The van der Waals surface area contributed by atoms with Gasteiger partial charge in [0, 0.05) is 36.7 Å². The molecule has 2 aromatic carbocycles. The van der Waals surface area contributed by atoms with Gasteiger partial charge in [-0.15, -0.1) is 0 Å². The average Bonchev–Trinajstić information content (AvgIpc) is 2.77. The molecule has 1 heterocycles. The van der Waals surface area contributed by atoms with E-state index in [2.05, 4.69) is 27.4 Å². The number of amides is 2. The summed E-state index contributed by atoms with van der Waals surface area (Å²) in [6.07, 6.45) is 1.67. The van der Waals surface area contributed by atoms with Crippen LogP contribution in [-0.2, 0) is 6.54 Å². The van der Waals surface area contributed by atoms with E-state index in [-0.39, 0.29) is 16.8 Å². The van der Waals surface area contributed by atoms with Crippen LogP contribution in [0, 0.1) is 0 Å². The summed E-state index contributed by atoms with van der Waals surface area (Å²) in [5.74, 6) is -0.553. The average molecular weight is 423 g/mol. The van der Waals surface area contributed by atoms with Crippen molar-refractivity contribution in [1.29, 1.82) is 0 Å². The molecule has 6 nitrogen and oxygen atoms in total. The summed E-state index contributed by atoms with van der Waals surface area (Å²) in [5, 5.41) is 5.85. The summed E-state index contributed by atoms with van der Waals surface area (Å²) < 4.78 is 0. The number of carbonyl (C=O) groups is 2. The first-order valence-corrected chi connectivity index (χ1v) is 9.96. The molecule has 0 spiro atoms. The summed E-state index contributed by atoms with van der Waals surface area (Å²) in [6, 6.07) is 17.7. The summed E-state index contributed by atoms with van der Waals surface area (Å²) in [7, 11) is 1.99. The number of nitrogens with one attached hydrogen (secondary N) is 2. The molecule has 0 saturated heterocycles. The van der Waals surface area contributed by atoms with Gasteiger partial charge in [0.1, 0.15) is 0 Å². The van der Waals surface area contributed by atoms with Gasteiger partial charge in [0.25, 0.3) is 11.8 Å². The van der Waals surface area contributed by atoms with Crippen molar-refractivity contribution in [2.75, 3.05) is 23.8 Å². The molecule has 0 fully saturated rings. The van der Waals surface area contributed by atoms with Crippen LogP contribution in [0.2, 0.25) is 5.02 Å². The molecule has 0 saturated carbocycles. The zero-order valence-electron chi connectivity index (χ0n) is 16.9. The maximum atomic E-state index is 12.5. The van der Waals surface area contributed by atoms with Crippen molar-refractivity contribution >= 4 is 34.8 Å². The van der Waals surface area contributed by atoms with E-state index in [0.717, 1.165) is 17.9 Å². The lowest BCUT2D eigenvalue weighted by Crippen LogP contribution is -2.23. The minimum absolute atomic E-state index is 0.246. The molecule has 3 rings (SSSR count). The van der Waals surface area contributed by atoms with E-state index < -0.39 is 0 Å². The lowest BCUT2D eigenvalue weighted by Gasteiger charge is -2.16. The first-order valence-electron chi connectivity index (χ1n) is 9.58. The lowest BCUT2D eigenvalue weighted by molar-refractivity contribution is 0.0950. The Morgan fingerprint density at radius 2 is 1.80 bits per heavy atom. The van der Waals surface area contributed by atoms with Crippen LogP contribution in [0.5, 0.6) is 0 Å². The van der Waals surface area contributed by atoms with E-state index >= 15 is 0 Å². The van der Waals surface area contributed by atoms with Gasteiger partial charge in [0.05, 0.1) is 22.8 Å². The third-order valence-corrected chi connectivity index (χ3v) is 4.99. The number of hydrogen-bond acceptors (Lipinski definition) is 4. The third-order valence-electron chi connectivity index (χ3n) is 4.67. The number of aromatic nitrogens is 1. The molecule has 0 aliphatic rings. The highest BCUT2D eigenvalue weighted by Gasteiger charge is 2.13. The second-order valence-electron chi connectivity index (χ2n) is 6.71. The second kappa shape index (κ2) is 9.89. The molecule has 30 heavy (non-hydrogen) atoms. The first kappa shape index (κ1) is 21.3. The van der Waals surface area contributed by atoms with Crippen molar-refractivity contribution in [2.45, 2.75) is 13.5 Å². The Morgan fingerprint density at radius 1 is 1.03 bits per heavy atom. The predicted octanol–water partition coefficient (Wildman–Crippen LogP) is 4.37. The van der Waals surface area contributed by atoms with Crippen molar-refractivity contribution in [2.24, 2.45) is 0 Å². The van der Waals surface area contributed by atoms with Gasteiger partial charge >= 0.3 is 0 Å². The van der Waals surface area contributed by atoms with Crippen LogP contribution >= 0.6 is 11.6 Å². The number of rotatable bonds is 7. The highest BCUT2D eigenvalue weighted by atomic mass is 35.5. The minimum Gasteiger partial charge on any atom is -0.375 e. The van der Waals surface area contributed by atoms with E-state index in [1.165, 1.54) is 0 Å². The van der Waals surface area contributed by atoms with Crippen LogP contribution < -0.4 is 15.5 Å². The van der Waals surface area contributed by atoms with Crippen LogP contribution in [0.3, 0.4) is 0 Å². The van der Waals surface area contributed by atoms with Gasteiger partial charge in [-0.1, -0.05) is 17.7 Å². The minimum atomic E-state index is -0.306. The van der Waals surface area contributed by atoms with Crippen molar-refractivity contribution in [3.8, 4) is 0 Å². The van der Waals surface area contributed by atoms with E-state index in [1.807, 2.05) is 37.4 Å². The molecule has 154 valence electrons. The fourth-order valence-corrected chi connectivity index (χ4v) is 3.07. The van der Waals surface area contributed by atoms with Gasteiger partial charge in [-0.2, -0.15) is 0 Å². The van der Waals surface area contributed by atoms with Gasteiger partial charge in [0.2, 0.25) is 0 Å². The van der Waals surface area contributed by atoms with E-state index in [0.29, 0.717) is 23.4 Å². The number of anilines is 2. The van der Waals surface area contributed by atoms with Crippen molar-refractivity contribution in [1.82, 2.24) is 10.3 Å². The third kappa shape index (κ3) is 5.36. The predicted molar refractivity (Wildman–Crippen MR) is 120 cm³/mol. The van der Waals surface area contributed by atoms with E-state index in [1.54, 1.807) is 36.5 Å². The Hall–Kier alpha value is -3.38. The Labute approximate surface area is 180 Å². The number of hydrogen-bond donors (Lipinski definition) is 2. The molecule has 0 aliphatic carbocycles. The second-order valence-corrected chi connectivity index (χ2v) is 7.12. The molecule has 0 radical (unpaired) electrons. The molecule has 3 aromatic rings. The smallest absolute Gasteiger partial charge is 0.255 e. The summed E-state index contributed by atoms with van der Waals surface area (Å²) >= 11 is 6.27. The summed E-state index contributed by atoms with van der Waals surface area (Å²) in [4.78, 5) is 31.1. The van der Waals surface area contributed by atoms with Gasteiger partial charge in [-0.3, -0.25) is 14.6 Å². The number of pyridine rings is 1. The number of carbonyl (C=O) groups excluding carboxylic acids is 2. The van der Waals surface area contributed by atoms with E-state index in [4.69, 9.17) is 11.6 Å². The Morgan fingerprint density at radius 3 is 2.43 bits per heavy atom. The lowest BCUT2D eigenvalue weighted by atomic mass is 10.1. The fraction of sp³-hybridized carbons (Fsp3) is 0.174. The summed E-state index contributed by atoms with van der Waals surface area (Å²) in [6.45, 7) is 3.25. The van der Waals surface area contributed by atoms with Gasteiger partial charge < -0.3 is 15.5 Å². The first-order chi connectivity index (χ1) is 14.5. The normalized spacial score (nSPS) is 10.4. The topological polar surface area (TPSA) is 74.3 Å². The Kier molecular flexibility index (Phi) is 7.03. The zero-order chi connectivity index (χ0) is 21.5. The van der Waals surface area contributed by atoms with Crippen LogP contribution in [0.15, 0.2) is 66.9 Å². The van der Waals surface area contributed by atoms with Crippen LogP contribution in [0.4, 0.5) is 11.4 Å². The summed E-state index contributed by atoms with van der Waals surface area (Å²) in [5.41, 5.74) is 3.18.